The maximum absolute atomic E-state index is 12.2. The minimum atomic E-state index is -0.725. The summed E-state index contributed by atoms with van der Waals surface area (Å²) in [4.78, 5) is 26.4. The number of aromatic nitrogens is 4. The molecule has 1 amide bonds. The van der Waals surface area contributed by atoms with Crippen molar-refractivity contribution >= 4 is 29.2 Å². The lowest BCUT2D eigenvalue weighted by Crippen LogP contribution is -2.21. The smallest absolute Gasteiger partial charge is 0.235 e. The lowest BCUT2D eigenvalue weighted by molar-refractivity contribution is -0.117. The van der Waals surface area contributed by atoms with E-state index in [1.807, 2.05) is 25.1 Å². The van der Waals surface area contributed by atoms with Crippen molar-refractivity contribution < 1.29 is 4.79 Å². The van der Waals surface area contributed by atoms with Gasteiger partial charge in [0.15, 0.2) is 0 Å². The fourth-order valence-corrected chi connectivity index (χ4v) is 4.21. The number of nitriles is 1. The van der Waals surface area contributed by atoms with Gasteiger partial charge in [0.05, 0.1) is 18.7 Å². The summed E-state index contributed by atoms with van der Waals surface area (Å²) in [6, 6.07) is 11.3. The van der Waals surface area contributed by atoms with Crippen molar-refractivity contribution in [2.75, 3.05) is 11.9 Å². The van der Waals surface area contributed by atoms with E-state index in [4.69, 9.17) is 12.3 Å². The van der Waals surface area contributed by atoms with Crippen LogP contribution in [0.3, 0.4) is 0 Å². The van der Waals surface area contributed by atoms with Crippen LogP contribution >= 0.6 is 11.8 Å². The molecule has 2 aromatic heterocycles. The summed E-state index contributed by atoms with van der Waals surface area (Å²) >= 11 is 1.12. The van der Waals surface area contributed by atoms with Crippen LogP contribution in [0.1, 0.15) is 34.7 Å². The van der Waals surface area contributed by atoms with Crippen molar-refractivity contribution in [2.45, 2.75) is 30.2 Å². The number of hydrogen-bond donors (Lipinski definition) is 2. The predicted octanol–water partition coefficient (Wildman–Crippen LogP) is 3.14. The van der Waals surface area contributed by atoms with Gasteiger partial charge in [-0.05, 0) is 17.5 Å². The van der Waals surface area contributed by atoms with Crippen LogP contribution in [0.4, 0.5) is 11.5 Å². The molecular formula is C21H20N8OS. The van der Waals surface area contributed by atoms with E-state index < -0.39 is 11.2 Å². The highest BCUT2D eigenvalue weighted by molar-refractivity contribution is 8.00. The van der Waals surface area contributed by atoms with Gasteiger partial charge < -0.3 is 10.6 Å². The van der Waals surface area contributed by atoms with Crippen molar-refractivity contribution in [1.82, 2.24) is 20.2 Å². The number of aromatic amines is 1. The standard InChI is InChI=1S/C21H20N8OS/c1-4-14-15(10-22)21(31-18(19(23)30)13-8-6-5-7-9-13)27-20(17(14)24-2)29(3)11-16-25-12-26-28-16/h5-9,12,18H,4,11H2,1,3H3,(H2,23,30)(H,25,26,28). The first-order valence-corrected chi connectivity index (χ1v) is 10.3. The number of carbonyl (C=O) groups is 1. The highest BCUT2D eigenvalue weighted by Gasteiger charge is 2.26. The number of nitrogens with two attached hydrogens (primary N) is 1. The molecule has 3 rings (SSSR count). The number of nitrogens with one attached hydrogen (secondary N) is 1. The summed E-state index contributed by atoms with van der Waals surface area (Å²) in [6.45, 7) is 9.91. The molecule has 1 atom stereocenters. The molecule has 1 unspecified atom stereocenters. The molecule has 0 saturated heterocycles. The van der Waals surface area contributed by atoms with Crippen molar-refractivity contribution in [3.63, 3.8) is 0 Å². The average molecular weight is 433 g/mol. The number of anilines is 1. The zero-order chi connectivity index (χ0) is 22.4. The Labute approximate surface area is 184 Å². The lowest BCUT2D eigenvalue weighted by Gasteiger charge is -2.23. The van der Waals surface area contributed by atoms with Crippen molar-refractivity contribution in [3.05, 3.63) is 70.6 Å². The van der Waals surface area contributed by atoms with E-state index in [9.17, 15) is 10.1 Å². The third kappa shape index (κ3) is 4.65. The highest BCUT2D eigenvalue weighted by Crippen LogP contribution is 2.42. The van der Waals surface area contributed by atoms with Crippen molar-refractivity contribution in [3.8, 4) is 6.07 Å². The Morgan fingerprint density at radius 2 is 2.16 bits per heavy atom. The van der Waals surface area contributed by atoms with Gasteiger partial charge in [0.25, 0.3) is 0 Å². The molecule has 3 aromatic rings. The molecule has 0 fully saturated rings. The number of hydrogen-bond acceptors (Lipinski definition) is 7. The van der Waals surface area contributed by atoms with Crippen LogP contribution in [0.15, 0.2) is 41.7 Å². The van der Waals surface area contributed by atoms with E-state index in [0.717, 1.165) is 17.3 Å². The summed E-state index contributed by atoms with van der Waals surface area (Å²) < 4.78 is 0. The molecule has 2 heterocycles. The molecule has 0 bridgehead atoms. The Bertz CT molecular complexity index is 1150. The topological polar surface area (TPSA) is 129 Å². The molecule has 156 valence electrons. The molecule has 10 heteroatoms. The zero-order valence-corrected chi connectivity index (χ0v) is 17.8. The van der Waals surface area contributed by atoms with Gasteiger partial charge in [-0.2, -0.15) is 10.4 Å². The Balaban J connectivity index is 2.11. The Hall–Kier alpha value is -3.89. The summed E-state index contributed by atoms with van der Waals surface area (Å²) in [7, 11) is 1.78. The molecule has 0 aliphatic heterocycles. The number of thioether (sulfide) groups is 1. The van der Waals surface area contributed by atoms with E-state index in [2.05, 4.69) is 31.1 Å². The molecule has 9 nitrogen and oxygen atoms in total. The van der Waals surface area contributed by atoms with Crippen LogP contribution in [0.25, 0.3) is 4.85 Å². The first-order chi connectivity index (χ1) is 15.0. The lowest BCUT2D eigenvalue weighted by atomic mass is 10.1. The normalized spacial score (nSPS) is 11.4. The molecular weight excluding hydrogens is 412 g/mol. The fourth-order valence-electron chi connectivity index (χ4n) is 3.15. The number of nitrogens with zero attached hydrogens (tertiary/aromatic N) is 6. The summed E-state index contributed by atoms with van der Waals surface area (Å²) in [6.07, 6.45) is 1.87. The maximum Gasteiger partial charge on any atom is 0.235 e. The summed E-state index contributed by atoms with van der Waals surface area (Å²) in [5.74, 6) is 0.475. The Morgan fingerprint density at radius 3 is 2.71 bits per heavy atom. The van der Waals surface area contributed by atoms with Crippen LogP contribution in [0.2, 0.25) is 0 Å². The fraction of sp³-hybridized carbons (Fsp3) is 0.238. The van der Waals surface area contributed by atoms with Gasteiger partial charge in [0, 0.05) is 7.05 Å². The van der Waals surface area contributed by atoms with Gasteiger partial charge >= 0.3 is 0 Å². The highest BCUT2D eigenvalue weighted by atomic mass is 32.2. The van der Waals surface area contributed by atoms with Gasteiger partial charge in [0.2, 0.25) is 11.6 Å². The number of H-pyrrole nitrogens is 1. The summed E-state index contributed by atoms with van der Waals surface area (Å²) in [5, 5.41) is 16.1. The molecule has 0 spiro atoms. The van der Waals surface area contributed by atoms with E-state index in [0.29, 0.717) is 40.9 Å². The Kier molecular flexibility index (Phi) is 6.85. The third-order valence-corrected chi connectivity index (χ3v) is 5.86. The van der Waals surface area contributed by atoms with Crippen LogP contribution in [-0.4, -0.2) is 33.1 Å². The van der Waals surface area contributed by atoms with E-state index >= 15 is 0 Å². The van der Waals surface area contributed by atoms with Crippen LogP contribution in [0, 0.1) is 17.9 Å². The molecule has 0 saturated carbocycles. The predicted molar refractivity (Wildman–Crippen MR) is 117 cm³/mol. The first kappa shape index (κ1) is 21.8. The maximum atomic E-state index is 12.2. The van der Waals surface area contributed by atoms with E-state index in [-0.39, 0.29) is 5.56 Å². The average Bonchev–Trinajstić information content (AvgIpc) is 3.29. The minimum absolute atomic E-state index is 0.289. The number of rotatable bonds is 8. The molecule has 31 heavy (non-hydrogen) atoms. The number of primary amides is 1. The van der Waals surface area contributed by atoms with E-state index in [1.54, 1.807) is 24.1 Å². The molecule has 1 aromatic carbocycles. The molecule has 0 radical (unpaired) electrons. The van der Waals surface area contributed by atoms with E-state index in [1.165, 1.54) is 6.33 Å². The van der Waals surface area contributed by atoms with Crippen molar-refractivity contribution in [1.29, 1.82) is 5.26 Å². The monoisotopic (exact) mass is 432 g/mol. The second-order valence-corrected chi connectivity index (χ2v) is 7.71. The molecule has 0 aliphatic rings. The van der Waals surface area contributed by atoms with Gasteiger partial charge in [0.1, 0.15) is 34.3 Å². The van der Waals surface area contributed by atoms with Crippen LogP contribution < -0.4 is 10.6 Å². The number of pyridine rings is 1. The summed E-state index contributed by atoms with van der Waals surface area (Å²) in [5.41, 5.74) is 7.58. The second kappa shape index (κ2) is 9.74. The quantitative estimate of drug-likeness (QED) is 0.413. The largest absolute Gasteiger partial charge is 0.368 e. The van der Waals surface area contributed by atoms with Gasteiger partial charge in [-0.1, -0.05) is 49.0 Å². The van der Waals surface area contributed by atoms with Gasteiger partial charge in [-0.15, -0.1) is 0 Å². The zero-order valence-electron chi connectivity index (χ0n) is 17.0. The van der Waals surface area contributed by atoms with Gasteiger partial charge in [-0.25, -0.2) is 14.8 Å². The SMILES string of the molecule is [C-]#[N+]c1c(N(C)Cc2ncn[nH]2)nc(SC(C(N)=O)c2ccccc2)c(C#N)c1CC. The molecule has 3 N–H and O–H groups in total. The first-order valence-electron chi connectivity index (χ1n) is 9.40. The van der Waals surface area contributed by atoms with Gasteiger partial charge in [-0.3, -0.25) is 9.89 Å². The number of benzene rings is 1. The minimum Gasteiger partial charge on any atom is -0.368 e. The second-order valence-electron chi connectivity index (χ2n) is 6.62. The van der Waals surface area contributed by atoms with Crippen molar-refractivity contribution in [2.24, 2.45) is 5.73 Å². The Morgan fingerprint density at radius 1 is 1.42 bits per heavy atom. The van der Waals surface area contributed by atoms with Crippen LogP contribution in [0.5, 0.6) is 0 Å². The molecule has 0 aliphatic carbocycles. The third-order valence-electron chi connectivity index (χ3n) is 4.60. The van der Waals surface area contributed by atoms with Crippen LogP contribution in [-0.2, 0) is 17.8 Å². The number of carbonyl (C=O) groups excluding carboxylic acids is 1. The number of amides is 1.